The van der Waals surface area contributed by atoms with Crippen LogP contribution in [0.25, 0.3) is 0 Å². The molecule has 0 unspecified atom stereocenters. The Hall–Kier alpha value is -1.01. The molecule has 0 aromatic rings. The summed E-state index contributed by atoms with van der Waals surface area (Å²) >= 11 is 0. The Morgan fingerprint density at radius 3 is 2.77 bits per heavy atom. The molecular weight excluding hydrogens is 166 g/mol. The molecule has 72 valence electrons. The van der Waals surface area contributed by atoms with Crippen LogP contribution in [0.1, 0.15) is 12.8 Å². The predicted octanol–water partition coefficient (Wildman–Crippen LogP) is 0.505. The first kappa shape index (κ1) is 10.1. The summed E-state index contributed by atoms with van der Waals surface area (Å²) in [6.07, 6.45) is 7.07. The van der Waals surface area contributed by atoms with Gasteiger partial charge in [-0.05, 0) is 24.7 Å². The number of carbonyl (C=O) groups excluding carboxylic acids is 1. The number of terminal acetylenes is 1. The highest BCUT2D eigenvalue weighted by Crippen LogP contribution is 2.15. The van der Waals surface area contributed by atoms with Crippen molar-refractivity contribution in [2.45, 2.75) is 12.8 Å². The lowest BCUT2D eigenvalue weighted by atomic mass is 10.00. The van der Waals surface area contributed by atoms with Crippen LogP contribution in [0, 0.1) is 18.3 Å². The Morgan fingerprint density at radius 1 is 1.62 bits per heavy atom. The standard InChI is InChI=1S/C10H15NO2/c1-3-10(12)11(2)8-9-4-6-13-7-5-9/h1,9H,4-8H2,2H3. The van der Waals surface area contributed by atoms with Crippen LogP contribution in [0.3, 0.4) is 0 Å². The minimum atomic E-state index is -0.230. The third-order valence-corrected chi connectivity index (χ3v) is 2.34. The quantitative estimate of drug-likeness (QED) is 0.581. The Kier molecular flexibility index (Phi) is 3.78. The largest absolute Gasteiger partial charge is 0.381 e. The number of hydrogen-bond donors (Lipinski definition) is 0. The Balaban J connectivity index is 2.30. The lowest BCUT2D eigenvalue weighted by molar-refractivity contribution is -0.124. The fraction of sp³-hybridized carbons (Fsp3) is 0.700. The topological polar surface area (TPSA) is 29.5 Å². The molecule has 0 aromatic heterocycles. The number of ether oxygens (including phenoxy) is 1. The van der Waals surface area contributed by atoms with Gasteiger partial charge in [0.2, 0.25) is 0 Å². The second-order valence-corrected chi connectivity index (χ2v) is 3.39. The number of hydrogen-bond acceptors (Lipinski definition) is 2. The van der Waals surface area contributed by atoms with Gasteiger partial charge in [0.25, 0.3) is 5.91 Å². The van der Waals surface area contributed by atoms with Gasteiger partial charge in [0.05, 0.1) is 0 Å². The Labute approximate surface area is 79.1 Å². The number of rotatable bonds is 2. The second-order valence-electron chi connectivity index (χ2n) is 3.39. The normalized spacial score (nSPS) is 17.8. The summed E-state index contributed by atoms with van der Waals surface area (Å²) in [5, 5.41) is 0. The average Bonchev–Trinajstić information content (AvgIpc) is 2.18. The van der Waals surface area contributed by atoms with E-state index >= 15 is 0 Å². The van der Waals surface area contributed by atoms with Gasteiger partial charge in [0.15, 0.2) is 0 Å². The third-order valence-electron chi connectivity index (χ3n) is 2.34. The molecule has 0 bridgehead atoms. The molecular formula is C10H15NO2. The van der Waals surface area contributed by atoms with Gasteiger partial charge in [-0.25, -0.2) is 0 Å². The monoisotopic (exact) mass is 181 g/mol. The molecule has 3 heteroatoms. The second kappa shape index (κ2) is 4.88. The molecule has 0 atom stereocenters. The van der Waals surface area contributed by atoms with Crippen LogP contribution in [0.2, 0.25) is 0 Å². The van der Waals surface area contributed by atoms with Crippen molar-refractivity contribution < 1.29 is 9.53 Å². The maximum atomic E-state index is 11.0. The van der Waals surface area contributed by atoms with E-state index in [-0.39, 0.29) is 5.91 Å². The highest BCUT2D eigenvalue weighted by molar-refractivity contribution is 5.92. The summed E-state index contributed by atoms with van der Waals surface area (Å²) in [5.41, 5.74) is 0. The molecule has 1 aliphatic rings. The zero-order chi connectivity index (χ0) is 9.68. The minimum absolute atomic E-state index is 0.230. The van der Waals surface area contributed by atoms with E-state index in [1.54, 1.807) is 11.9 Å². The van der Waals surface area contributed by atoms with Crippen molar-refractivity contribution in [3.63, 3.8) is 0 Å². The van der Waals surface area contributed by atoms with Crippen LogP contribution >= 0.6 is 0 Å². The van der Waals surface area contributed by atoms with E-state index in [9.17, 15) is 4.79 Å². The van der Waals surface area contributed by atoms with Crippen LogP contribution in [-0.2, 0) is 9.53 Å². The maximum Gasteiger partial charge on any atom is 0.297 e. The van der Waals surface area contributed by atoms with Gasteiger partial charge in [-0.3, -0.25) is 4.79 Å². The summed E-state index contributed by atoms with van der Waals surface area (Å²) in [5.74, 6) is 2.43. The molecule has 13 heavy (non-hydrogen) atoms. The first-order valence-electron chi connectivity index (χ1n) is 4.53. The van der Waals surface area contributed by atoms with Gasteiger partial charge in [-0.15, -0.1) is 6.42 Å². The lowest BCUT2D eigenvalue weighted by Gasteiger charge is -2.25. The minimum Gasteiger partial charge on any atom is -0.381 e. The van der Waals surface area contributed by atoms with E-state index in [4.69, 9.17) is 11.2 Å². The molecule has 0 saturated carbocycles. The number of amides is 1. The molecule has 1 saturated heterocycles. The van der Waals surface area contributed by atoms with Crippen molar-refractivity contribution in [3.8, 4) is 12.3 Å². The molecule has 1 rings (SSSR count). The summed E-state index contributed by atoms with van der Waals surface area (Å²) in [6.45, 7) is 2.37. The molecule has 0 aromatic carbocycles. The molecule has 0 aliphatic carbocycles. The van der Waals surface area contributed by atoms with Crippen molar-refractivity contribution in [2.24, 2.45) is 5.92 Å². The number of carbonyl (C=O) groups is 1. The van der Waals surface area contributed by atoms with Crippen LogP contribution in [0.15, 0.2) is 0 Å². The molecule has 0 N–H and O–H groups in total. The molecule has 1 heterocycles. The summed E-state index contributed by atoms with van der Waals surface area (Å²) < 4.78 is 5.22. The van der Waals surface area contributed by atoms with Crippen molar-refractivity contribution in [1.29, 1.82) is 0 Å². The van der Waals surface area contributed by atoms with Gasteiger partial charge < -0.3 is 9.64 Å². The van der Waals surface area contributed by atoms with Gasteiger partial charge in [-0.2, -0.15) is 0 Å². The fourth-order valence-electron chi connectivity index (χ4n) is 1.51. The van der Waals surface area contributed by atoms with Crippen molar-refractivity contribution in [3.05, 3.63) is 0 Å². The molecule has 1 aliphatic heterocycles. The van der Waals surface area contributed by atoms with Gasteiger partial charge in [0.1, 0.15) is 0 Å². The molecule has 0 radical (unpaired) electrons. The molecule has 1 fully saturated rings. The third kappa shape index (κ3) is 3.08. The SMILES string of the molecule is C#CC(=O)N(C)CC1CCOCC1. The summed E-state index contributed by atoms with van der Waals surface area (Å²) in [4.78, 5) is 12.7. The zero-order valence-electron chi connectivity index (χ0n) is 7.95. The average molecular weight is 181 g/mol. The van der Waals surface area contributed by atoms with E-state index in [1.807, 2.05) is 0 Å². The predicted molar refractivity (Wildman–Crippen MR) is 50.0 cm³/mol. The molecule has 3 nitrogen and oxygen atoms in total. The van der Waals surface area contributed by atoms with Crippen molar-refractivity contribution in [2.75, 3.05) is 26.8 Å². The van der Waals surface area contributed by atoms with Crippen LogP contribution in [-0.4, -0.2) is 37.6 Å². The van der Waals surface area contributed by atoms with Crippen LogP contribution in [0.5, 0.6) is 0 Å². The highest BCUT2D eigenvalue weighted by atomic mass is 16.5. The first-order chi connectivity index (χ1) is 6.24. The van der Waals surface area contributed by atoms with Crippen LogP contribution < -0.4 is 0 Å². The summed E-state index contributed by atoms with van der Waals surface area (Å²) in [7, 11) is 1.75. The van der Waals surface area contributed by atoms with Crippen molar-refractivity contribution >= 4 is 5.91 Å². The smallest absolute Gasteiger partial charge is 0.297 e. The molecule has 0 spiro atoms. The van der Waals surface area contributed by atoms with Gasteiger partial charge >= 0.3 is 0 Å². The lowest BCUT2D eigenvalue weighted by Crippen LogP contribution is -2.33. The summed E-state index contributed by atoms with van der Waals surface area (Å²) in [6, 6.07) is 0. The zero-order valence-corrected chi connectivity index (χ0v) is 7.95. The Bertz CT molecular complexity index is 213. The van der Waals surface area contributed by atoms with E-state index in [0.29, 0.717) is 5.92 Å². The Morgan fingerprint density at radius 2 is 2.23 bits per heavy atom. The number of nitrogens with zero attached hydrogens (tertiary/aromatic N) is 1. The molecule has 1 amide bonds. The van der Waals surface area contributed by atoms with E-state index in [2.05, 4.69) is 5.92 Å². The van der Waals surface area contributed by atoms with Gasteiger partial charge in [-0.1, -0.05) is 0 Å². The first-order valence-corrected chi connectivity index (χ1v) is 4.53. The van der Waals surface area contributed by atoms with Crippen LogP contribution in [0.4, 0.5) is 0 Å². The fourth-order valence-corrected chi connectivity index (χ4v) is 1.51. The van der Waals surface area contributed by atoms with E-state index < -0.39 is 0 Å². The highest BCUT2D eigenvalue weighted by Gasteiger charge is 2.17. The van der Waals surface area contributed by atoms with E-state index in [1.165, 1.54) is 0 Å². The maximum absolute atomic E-state index is 11.0. The van der Waals surface area contributed by atoms with E-state index in [0.717, 1.165) is 32.6 Å². The van der Waals surface area contributed by atoms with Gasteiger partial charge in [0, 0.05) is 26.8 Å². The van der Waals surface area contributed by atoms with Crippen molar-refractivity contribution in [1.82, 2.24) is 4.90 Å².